The van der Waals surface area contributed by atoms with E-state index in [1.165, 1.54) is 4.90 Å². The minimum Gasteiger partial charge on any atom is -0.384 e. The largest absolute Gasteiger partial charge is 0.384 e. The van der Waals surface area contributed by atoms with E-state index in [-0.39, 0.29) is 0 Å². The van der Waals surface area contributed by atoms with Gasteiger partial charge in [-0.05, 0) is 28.7 Å². The van der Waals surface area contributed by atoms with Crippen molar-refractivity contribution in [1.29, 1.82) is 0 Å². The molecule has 0 bridgehead atoms. The molecule has 0 aromatic carbocycles. The number of aromatic nitrogens is 1. The lowest BCUT2D eigenvalue weighted by atomic mass is 10.5. The van der Waals surface area contributed by atoms with E-state index in [0.29, 0.717) is 10.8 Å². The van der Waals surface area contributed by atoms with Crippen molar-refractivity contribution in [3.05, 3.63) is 20.9 Å². The van der Waals surface area contributed by atoms with E-state index in [1.54, 1.807) is 26.4 Å². The van der Waals surface area contributed by atoms with Gasteiger partial charge in [0.05, 0.1) is 8.59 Å². The number of nitrogens with two attached hydrogens (primary N) is 1. The van der Waals surface area contributed by atoms with Crippen LogP contribution in [-0.2, 0) is 4.79 Å². The summed E-state index contributed by atoms with van der Waals surface area (Å²) in [5.74, 6) is 0.459. The maximum Gasteiger partial charge on any atom is 0.209 e. The summed E-state index contributed by atoms with van der Waals surface area (Å²) < 4.78 is 0.920. The predicted molar refractivity (Wildman–Crippen MR) is 66.1 cm³/mol. The molecule has 0 atom stereocenters. The second kappa shape index (κ2) is 6.83. The summed E-state index contributed by atoms with van der Waals surface area (Å²) in [6.45, 7) is 0. The van der Waals surface area contributed by atoms with Gasteiger partial charge < -0.3 is 10.6 Å². The zero-order valence-electron chi connectivity index (χ0n) is 7.87. The number of halogens is 2. The fourth-order valence-corrected chi connectivity index (χ4v) is 0.884. The van der Waals surface area contributed by atoms with Gasteiger partial charge >= 0.3 is 0 Å². The average Bonchev–Trinajstić information content (AvgIpc) is 2.13. The summed E-state index contributed by atoms with van der Waals surface area (Å²) in [5, 5.41) is 0.656. The molecule has 0 radical (unpaired) electrons. The lowest BCUT2D eigenvalue weighted by Gasteiger charge is -1.93. The van der Waals surface area contributed by atoms with E-state index < -0.39 is 0 Å². The fraction of sp³-hybridized carbons (Fsp3) is 0.250. The topological polar surface area (TPSA) is 59.2 Å². The van der Waals surface area contributed by atoms with E-state index in [1.807, 2.05) is 0 Å². The first-order valence-electron chi connectivity index (χ1n) is 3.65. The molecule has 0 saturated carbocycles. The molecule has 0 aliphatic rings. The molecule has 1 rings (SSSR count). The minimum atomic E-state index is 0.459. The van der Waals surface area contributed by atoms with Crippen LogP contribution in [0.1, 0.15) is 0 Å². The Kier molecular flexibility index (Phi) is 6.56. The van der Waals surface area contributed by atoms with Gasteiger partial charge in [-0.25, -0.2) is 4.98 Å². The number of pyridine rings is 1. The summed E-state index contributed by atoms with van der Waals surface area (Å²) in [4.78, 5) is 14.7. The summed E-state index contributed by atoms with van der Waals surface area (Å²) in [7, 11) is 3.38. The fourth-order valence-electron chi connectivity index (χ4n) is 0.429. The number of hydrogen-bond donors (Lipinski definition) is 1. The maximum absolute atomic E-state index is 9.43. The third-order valence-electron chi connectivity index (χ3n) is 1.04. The molecule has 78 valence electrons. The van der Waals surface area contributed by atoms with Gasteiger partial charge in [0.15, 0.2) is 0 Å². The van der Waals surface area contributed by atoms with Crippen molar-refractivity contribution in [1.82, 2.24) is 9.88 Å². The highest BCUT2D eigenvalue weighted by Crippen LogP contribution is 2.17. The van der Waals surface area contributed by atoms with Crippen molar-refractivity contribution in [2.75, 3.05) is 19.8 Å². The number of nitrogens with zero attached hydrogens (tertiary/aromatic N) is 2. The van der Waals surface area contributed by atoms with Gasteiger partial charge in [-0.2, -0.15) is 0 Å². The van der Waals surface area contributed by atoms with Crippen LogP contribution in [0.3, 0.4) is 0 Å². The van der Waals surface area contributed by atoms with Crippen molar-refractivity contribution in [3.8, 4) is 0 Å². The van der Waals surface area contributed by atoms with E-state index in [0.717, 1.165) is 9.98 Å². The van der Waals surface area contributed by atoms with E-state index in [9.17, 15) is 4.79 Å². The van der Waals surface area contributed by atoms with Gasteiger partial charge in [0, 0.05) is 20.3 Å². The first-order chi connectivity index (χ1) is 6.47. The molecule has 1 aromatic rings. The number of carbonyl (C=O) groups excluding carboxylic acids is 1. The zero-order valence-corrected chi connectivity index (χ0v) is 10.8. The predicted octanol–water partition coefficient (Wildman–Crippen LogP) is 1.63. The third kappa shape index (κ3) is 5.98. The smallest absolute Gasteiger partial charge is 0.209 e. The molecule has 0 aliphatic heterocycles. The Morgan fingerprint density at radius 1 is 1.64 bits per heavy atom. The Labute approximate surface area is 102 Å². The van der Waals surface area contributed by atoms with Crippen LogP contribution in [0, 0.1) is 3.57 Å². The number of rotatable bonds is 1. The Morgan fingerprint density at radius 3 is 2.43 bits per heavy atom. The van der Waals surface area contributed by atoms with Crippen LogP contribution in [0.15, 0.2) is 12.3 Å². The molecule has 2 N–H and O–H groups in total. The van der Waals surface area contributed by atoms with Crippen LogP contribution in [0.4, 0.5) is 5.82 Å². The number of amides is 1. The van der Waals surface area contributed by atoms with Crippen LogP contribution in [-0.4, -0.2) is 30.4 Å². The Bertz CT molecular complexity index is 307. The highest BCUT2D eigenvalue weighted by atomic mass is 127. The number of anilines is 1. The van der Waals surface area contributed by atoms with Gasteiger partial charge in [-0.1, -0.05) is 11.6 Å². The Morgan fingerprint density at radius 2 is 2.14 bits per heavy atom. The Balaban J connectivity index is 0.000000292. The molecular weight excluding hydrogens is 316 g/mol. The van der Waals surface area contributed by atoms with Crippen molar-refractivity contribution >= 4 is 46.4 Å². The van der Waals surface area contributed by atoms with E-state index >= 15 is 0 Å². The summed E-state index contributed by atoms with van der Waals surface area (Å²) in [6.07, 6.45) is 2.39. The average molecular weight is 328 g/mol. The van der Waals surface area contributed by atoms with Gasteiger partial charge in [-0.15, -0.1) is 0 Å². The molecule has 0 aliphatic carbocycles. The number of carbonyl (C=O) groups is 1. The van der Waals surface area contributed by atoms with Gasteiger partial charge in [0.1, 0.15) is 5.82 Å². The second-order valence-electron chi connectivity index (χ2n) is 2.59. The summed E-state index contributed by atoms with van der Waals surface area (Å²) in [5.41, 5.74) is 5.33. The molecule has 14 heavy (non-hydrogen) atoms. The molecule has 1 aromatic heterocycles. The molecule has 0 unspecified atom stereocenters. The van der Waals surface area contributed by atoms with Crippen molar-refractivity contribution in [2.45, 2.75) is 0 Å². The molecular formula is C8H11ClIN3O. The minimum absolute atomic E-state index is 0.459. The lowest BCUT2D eigenvalue weighted by Crippen LogP contribution is -2.06. The van der Waals surface area contributed by atoms with Gasteiger partial charge in [0.2, 0.25) is 6.41 Å². The number of hydrogen-bond acceptors (Lipinski definition) is 3. The molecule has 6 heteroatoms. The maximum atomic E-state index is 9.43. The van der Waals surface area contributed by atoms with Crippen LogP contribution in [0.2, 0.25) is 5.02 Å². The highest BCUT2D eigenvalue weighted by Gasteiger charge is 1.94. The Hall–Kier alpha value is -0.560. The van der Waals surface area contributed by atoms with E-state index in [2.05, 4.69) is 27.6 Å². The van der Waals surface area contributed by atoms with Gasteiger partial charge in [0.25, 0.3) is 0 Å². The molecule has 0 spiro atoms. The van der Waals surface area contributed by atoms with Crippen molar-refractivity contribution in [3.63, 3.8) is 0 Å². The summed E-state index contributed by atoms with van der Waals surface area (Å²) in [6, 6.07) is 1.63. The zero-order chi connectivity index (χ0) is 11.1. The van der Waals surface area contributed by atoms with Crippen LogP contribution in [0.5, 0.6) is 0 Å². The van der Waals surface area contributed by atoms with Crippen molar-refractivity contribution < 1.29 is 4.79 Å². The van der Waals surface area contributed by atoms with Crippen LogP contribution < -0.4 is 5.73 Å². The second-order valence-corrected chi connectivity index (χ2v) is 4.16. The third-order valence-corrected chi connectivity index (χ3v) is 2.53. The van der Waals surface area contributed by atoms with Crippen LogP contribution >= 0.6 is 34.2 Å². The standard InChI is InChI=1S/C5H4ClIN2.C3H7NO/c6-3-1-5(8)9-2-4(3)7;1-4(2)3-5/h1-2H,(H2,8,9);3H,1-2H3. The first kappa shape index (κ1) is 13.4. The SMILES string of the molecule is CN(C)C=O.Nc1cc(Cl)c(I)cn1. The summed E-state index contributed by atoms with van der Waals surface area (Å²) >= 11 is 7.78. The molecule has 1 amide bonds. The molecule has 1 heterocycles. The molecule has 0 fully saturated rings. The quantitative estimate of drug-likeness (QED) is 0.630. The van der Waals surface area contributed by atoms with E-state index in [4.69, 9.17) is 17.3 Å². The van der Waals surface area contributed by atoms with Crippen LogP contribution in [0.25, 0.3) is 0 Å². The van der Waals surface area contributed by atoms with Crippen molar-refractivity contribution in [2.24, 2.45) is 0 Å². The highest BCUT2D eigenvalue weighted by molar-refractivity contribution is 14.1. The molecule has 0 saturated heterocycles. The monoisotopic (exact) mass is 327 g/mol. The lowest BCUT2D eigenvalue weighted by molar-refractivity contribution is -0.115. The normalized spacial score (nSPS) is 8.57. The number of nitrogen functional groups attached to an aromatic ring is 1. The van der Waals surface area contributed by atoms with Gasteiger partial charge in [-0.3, -0.25) is 4.79 Å². The molecule has 4 nitrogen and oxygen atoms in total. The first-order valence-corrected chi connectivity index (χ1v) is 5.11.